The predicted octanol–water partition coefficient (Wildman–Crippen LogP) is -1.54. The minimum Gasteiger partial charge on any atom is -0.387 e. The number of fused-ring (bicyclic) bond motifs is 3. The summed E-state index contributed by atoms with van der Waals surface area (Å²) in [6, 6.07) is 0. The van der Waals surface area contributed by atoms with E-state index in [1.165, 1.54) is 10.9 Å². The van der Waals surface area contributed by atoms with Crippen LogP contribution in [-0.4, -0.2) is 74.7 Å². The fourth-order valence-corrected chi connectivity index (χ4v) is 6.94. The van der Waals surface area contributed by atoms with Gasteiger partial charge >= 0.3 is 23.5 Å². The van der Waals surface area contributed by atoms with Crippen molar-refractivity contribution in [1.29, 1.82) is 0 Å². The van der Waals surface area contributed by atoms with Crippen molar-refractivity contribution < 1.29 is 61.0 Å². The van der Waals surface area contributed by atoms with E-state index in [0.29, 0.717) is 0 Å². The zero-order chi connectivity index (χ0) is 25.3. The maximum Gasteiger partial charge on any atom is 0.490 e. The monoisotopic (exact) mass is 549 g/mol. The minimum absolute atomic E-state index is 0.00899. The molecular formula is C12H18N5O14P3. The first-order chi connectivity index (χ1) is 15.5. The lowest BCUT2D eigenvalue weighted by molar-refractivity contribution is -0.202. The van der Waals surface area contributed by atoms with Crippen LogP contribution in [0.2, 0.25) is 0 Å². The zero-order valence-electron chi connectivity index (χ0n) is 16.8. The van der Waals surface area contributed by atoms with E-state index in [0.717, 1.165) is 6.92 Å². The van der Waals surface area contributed by atoms with Crippen molar-refractivity contribution in [3.63, 3.8) is 0 Å². The molecule has 0 saturated carbocycles. The Morgan fingerprint density at radius 1 is 1.26 bits per heavy atom. The van der Waals surface area contributed by atoms with Crippen molar-refractivity contribution in [3.05, 3.63) is 16.7 Å². The van der Waals surface area contributed by atoms with E-state index in [1.54, 1.807) is 0 Å². The summed E-state index contributed by atoms with van der Waals surface area (Å²) in [6.07, 6.45) is -4.13. The lowest BCUT2D eigenvalue weighted by atomic mass is 9.94. The second kappa shape index (κ2) is 8.25. The number of aromatic amines is 1. The molecule has 22 heteroatoms. The molecule has 2 unspecified atom stereocenters. The highest BCUT2D eigenvalue weighted by atomic mass is 31.3. The molecular weight excluding hydrogens is 531 g/mol. The second-order valence-corrected chi connectivity index (χ2v) is 11.7. The average molecular weight is 549 g/mol. The van der Waals surface area contributed by atoms with Crippen LogP contribution in [0.25, 0.3) is 11.2 Å². The average Bonchev–Trinajstić information content (AvgIpc) is 3.28. The van der Waals surface area contributed by atoms with Gasteiger partial charge in [-0.15, -0.1) is 0 Å². The lowest BCUT2D eigenvalue weighted by Gasteiger charge is -2.35. The Hall–Kier alpha value is -1.56. The Kier molecular flexibility index (Phi) is 6.19. The number of aromatic nitrogens is 4. The number of anilines is 1. The van der Waals surface area contributed by atoms with Gasteiger partial charge in [-0.25, -0.2) is 18.7 Å². The summed E-state index contributed by atoms with van der Waals surface area (Å²) in [5, 5.41) is 10.8. The van der Waals surface area contributed by atoms with E-state index in [1.807, 2.05) is 0 Å². The number of hydrogen-bond donors (Lipinski definition) is 7. The topological polar surface area (TPSA) is 288 Å². The largest absolute Gasteiger partial charge is 0.490 e. The van der Waals surface area contributed by atoms with E-state index in [-0.39, 0.29) is 23.7 Å². The van der Waals surface area contributed by atoms with Crippen LogP contribution in [0.3, 0.4) is 0 Å². The Balaban J connectivity index is 1.57. The molecule has 2 aromatic heterocycles. The molecule has 2 fully saturated rings. The van der Waals surface area contributed by atoms with Gasteiger partial charge in [0.2, 0.25) is 5.95 Å². The molecule has 190 valence electrons. The Labute approximate surface area is 187 Å². The maximum absolute atomic E-state index is 12.2. The molecule has 2 aliphatic heterocycles. The number of imidazole rings is 1. The number of nitrogens with zero attached hydrogens (tertiary/aromatic N) is 3. The SMILES string of the molecule is C[C@@H](OP(=O)(O)OP(=O)(O)OP(=O)(O)O)[C@@]12CO[C@@H]([C@H](n3cnc4c(=O)[nH]c(N)nc43)O1)[C@@H]2O. The Bertz CT molecular complexity index is 1320. The summed E-state index contributed by atoms with van der Waals surface area (Å²) in [4.78, 5) is 58.5. The van der Waals surface area contributed by atoms with Gasteiger partial charge in [-0.1, -0.05) is 0 Å². The van der Waals surface area contributed by atoms with Gasteiger partial charge in [0.25, 0.3) is 5.56 Å². The van der Waals surface area contributed by atoms with Gasteiger partial charge in [-0.3, -0.25) is 18.9 Å². The van der Waals surface area contributed by atoms with Crippen LogP contribution in [0.1, 0.15) is 13.2 Å². The number of aliphatic hydroxyl groups is 1. The molecule has 2 aromatic rings. The number of nitrogens with one attached hydrogen (secondary N) is 1. The van der Waals surface area contributed by atoms with Crippen LogP contribution in [0.15, 0.2) is 11.1 Å². The van der Waals surface area contributed by atoms with E-state index >= 15 is 0 Å². The maximum atomic E-state index is 12.2. The van der Waals surface area contributed by atoms with Crippen LogP contribution in [0.4, 0.5) is 5.95 Å². The van der Waals surface area contributed by atoms with Crippen molar-refractivity contribution in [2.75, 3.05) is 12.3 Å². The van der Waals surface area contributed by atoms with Crippen LogP contribution in [0, 0.1) is 0 Å². The molecule has 4 heterocycles. The Morgan fingerprint density at radius 3 is 2.59 bits per heavy atom. The van der Waals surface area contributed by atoms with Gasteiger partial charge in [-0.2, -0.15) is 13.6 Å². The van der Waals surface area contributed by atoms with Crippen molar-refractivity contribution in [2.45, 2.75) is 37.1 Å². The highest BCUT2D eigenvalue weighted by Crippen LogP contribution is 2.67. The van der Waals surface area contributed by atoms with Gasteiger partial charge in [0.05, 0.1) is 12.9 Å². The zero-order valence-corrected chi connectivity index (χ0v) is 19.4. The molecule has 2 bridgehead atoms. The van der Waals surface area contributed by atoms with E-state index in [9.17, 15) is 33.4 Å². The summed E-state index contributed by atoms with van der Waals surface area (Å²) in [6.45, 7) is 0.776. The van der Waals surface area contributed by atoms with Gasteiger partial charge in [-0.05, 0) is 6.92 Å². The summed E-state index contributed by atoms with van der Waals surface area (Å²) in [7, 11) is -16.8. The molecule has 2 aliphatic rings. The number of hydrogen-bond acceptors (Lipinski definition) is 13. The summed E-state index contributed by atoms with van der Waals surface area (Å²) >= 11 is 0. The first-order valence-electron chi connectivity index (χ1n) is 9.06. The molecule has 34 heavy (non-hydrogen) atoms. The number of nitrogen functional groups attached to an aromatic ring is 1. The van der Waals surface area contributed by atoms with E-state index in [2.05, 4.69) is 23.6 Å². The van der Waals surface area contributed by atoms with Crippen molar-refractivity contribution in [3.8, 4) is 0 Å². The third kappa shape index (κ3) is 4.64. The summed E-state index contributed by atoms with van der Waals surface area (Å²) < 4.78 is 59.3. The van der Waals surface area contributed by atoms with Gasteiger partial charge in [0.1, 0.15) is 23.9 Å². The van der Waals surface area contributed by atoms with Crippen molar-refractivity contribution in [2.24, 2.45) is 0 Å². The predicted molar refractivity (Wildman–Crippen MR) is 106 cm³/mol. The molecule has 7 atom stereocenters. The molecule has 8 N–H and O–H groups in total. The van der Waals surface area contributed by atoms with Crippen molar-refractivity contribution in [1.82, 2.24) is 19.5 Å². The molecule has 4 rings (SSSR count). The van der Waals surface area contributed by atoms with Crippen LogP contribution in [-0.2, 0) is 36.3 Å². The number of aliphatic hydroxyl groups excluding tert-OH is 1. The van der Waals surface area contributed by atoms with Crippen LogP contribution in [0.5, 0.6) is 0 Å². The van der Waals surface area contributed by atoms with E-state index < -0.39 is 59.2 Å². The summed E-state index contributed by atoms with van der Waals surface area (Å²) in [5.41, 5.74) is 2.99. The van der Waals surface area contributed by atoms with Crippen LogP contribution < -0.4 is 11.3 Å². The van der Waals surface area contributed by atoms with Crippen LogP contribution >= 0.6 is 23.5 Å². The number of H-pyrrole nitrogens is 1. The summed E-state index contributed by atoms with van der Waals surface area (Å²) in [5.74, 6) is -0.223. The van der Waals surface area contributed by atoms with Crippen molar-refractivity contribution >= 4 is 40.6 Å². The number of phosphoric acid groups is 3. The third-order valence-electron chi connectivity index (χ3n) is 5.05. The standard InChI is InChI=1S/C12H18N5O14P3/c1-4(29-33(23,24)31-34(25,26)30-32(20,21)22)12-2-27-6(7(12)18)10(28-12)17-3-14-5-8(17)15-11(13)16-9(5)19/h3-4,6-7,10,18H,2H2,1H3,(H,23,24)(H,25,26)(H2,20,21,22)(H3,13,15,16,19)/t4-,6-,7+,10-,12-/m1/s1. The number of rotatable bonds is 8. The molecule has 0 aliphatic carbocycles. The van der Waals surface area contributed by atoms with E-state index in [4.69, 9.17) is 29.5 Å². The third-order valence-corrected chi connectivity index (χ3v) is 8.96. The first-order valence-corrected chi connectivity index (χ1v) is 13.6. The van der Waals surface area contributed by atoms with Gasteiger partial charge < -0.3 is 39.9 Å². The lowest BCUT2D eigenvalue weighted by Crippen LogP contribution is -2.50. The molecule has 19 nitrogen and oxygen atoms in total. The molecule has 2 saturated heterocycles. The molecule has 0 aromatic carbocycles. The normalized spacial score (nSPS) is 31.4. The first kappa shape index (κ1) is 25.5. The smallest absolute Gasteiger partial charge is 0.387 e. The fraction of sp³-hybridized carbons (Fsp3) is 0.583. The fourth-order valence-electron chi connectivity index (χ4n) is 3.70. The van der Waals surface area contributed by atoms with Gasteiger partial charge in [0, 0.05) is 0 Å². The highest BCUT2D eigenvalue weighted by Gasteiger charge is 2.65. The molecule has 0 radical (unpaired) electrons. The Morgan fingerprint density at radius 2 is 1.94 bits per heavy atom. The number of nitrogens with two attached hydrogens (primary N) is 1. The molecule has 0 amide bonds. The number of phosphoric ester groups is 1. The minimum atomic E-state index is -5.75. The quantitative estimate of drug-likeness (QED) is 0.184. The second-order valence-electron chi connectivity index (χ2n) is 7.30. The van der Waals surface area contributed by atoms with Gasteiger partial charge in [0.15, 0.2) is 17.4 Å². The highest BCUT2D eigenvalue weighted by molar-refractivity contribution is 7.66. The molecule has 0 spiro atoms. The number of ether oxygens (including phenoxy) is 2.